The number of carbonyl (C=O) groups is 2. The summed E-state index contributed by atoms with van der Waals surface area (Å²) in [5.41, 5.74) is -0.472. The van der Waals surface area contributed by atoms with Gasteiger partial charge in [0.25, 0.3) is 0 Å². The van der Waals surface area contributed by atoms with Gasteiger partial charge >= 0.3 is 5.97 Å². The number of aliphatic carboxylic acids is 1. The Morgan fingerprint density at radius 3 is 2.61 bits per heavy atom. The van der Waals surface area contributed by atoms with Crippen LogP contribution in [0.5, 0.6) is 0 Å². The first-order valence-electron chi connectivity index (χ1n) is 11.0. The van der Waals surface area contributed by atoms with Crippen LogP contribution in [0, 0.1) is 16.7 Å². The van der Waals surface area contributed by atoms with E-state index in [1.54, 1.807) is 19.9 Å². The Kier molecular flexibility index (Phi) is 8.32. The molecule has 0 saturated carbocycles. The second-order valence-corrected chi connectivity index (χ2v) is 10.3. The fourth-order valence-corrected chi connectivity index (χ4v) is 4.27. The molecule has 1 aliphatic rings. The average molecular weight is 586 g/mol. The molecule has 0 fully saturated rings. The summed E-state index contributed by atoms with van der Waals surface area (Å²) < 4.78 is 7.24. The zero-order chi connectivity index (χ0) is 26.9. The third-order valence-corrected chi connectivity index (χ3v) is 7.56. The lowest BCUT2D eigenvalue weighted by Gasteiger charge is -2.41. The van der Waals surface area contributed by atoms with Crippen LogP contribution in [0.4, 0.5) is 0 Å². The van der Waals surface area contributed by atoms with Crippen LogP contribution in [0.2, 0.25) is 5.02 Å². The Morgan fingerprint density at radius 2 is 2.06 bits per heavy atom. The molecule has 5 N–H and O–H groups in total. The number of aliphatic hydroxyl groups excluding tert-OH is 3. The van der Waals surface area contributed by atoms with E-state index in [0.717, 1.165) is 0 Å². The SMILES string of the molecule is CCC(C)(C)C(=O)N[C@H]1[C@H]([C@H](O)[C@H](O)CO)OC(C(=O)O)=C[C@@H]1n1nc2cc(Cl)c(Br)cc2c1C#N. The number of halogens is 2. The number of fused-ring (bicyclic) bond motifs is 1. The van der Waals surface area contributed by atoms with Gasteiger partial charge in [0.2, 0.25) is 11.7 Å². The van der Waals surface area contributed by atoms with Crippen LogP contribution in [-0.4, -0.2) is 73.0 Å². The molecule has 1 aromatic carbocycles. The predicted octanol–water partition coefficient (Wildman–Crippen LogP) is 1.87. The first-order chi connectivity index (χ1) is 16.9. The van der Waals surface area contributed by atoms with Crippen molar-refractivity contribution in [1.29, 1.82) is 5.26 Å². The molecule has 1 aliphatic heterocycles. The number of carboxylic acid groups (broad SMARTS) is 1. The normalized spacial score (nSPS) is 21.8. The van der Waals surface area contributed by atoms with Crippen molar-refractivity contribution in [2.45, 2.75) is 57.6 Å². The topological polar surface area (TPSA) is 178 Å². The number of rotatable bonds is 8. The standard InChI is InChI=1S/C23H26BrClN4O7/c1-4-23(2,3)22(35)27-18-14(7-17(21(33)34)36-20(18)19(32)16(31)9-30)29-15(8-26)10-5-11(24)12(25)6-13(10)28-29/h5-7,14,16,18-20,30-32H,4,9H2,1-3H3,(H,27,35)(H,33,34)/t14-,16+,18+,19+,20+/m0/s1. The fourth-order valence-electron chi connectivity index (χ4n) is 3.77. The molecule has 5 atom stereocenters. The number of carbonyl (C=O) groups excluding carboxylic acids is 1. The molecular weight excluding hydrogens is 560 g/mol. The maximum Gasteiger partial charge on any atom is 0.370 e. The van der Waals surface area contributed by atoms with Crippen LogP contribution in [0.25, 0.3) is 10.9 Å². The van der Waals surface area contributed by atoms with E-state index < -0.39 is 60.1 Å². The minimum absolute atomic E-state index is 0.0419. The average Bonchev–Trinajstić information content (AvgIpc) is 3.19. The molecule has 36 heavy (non-hydrogen) atoms. The number of aliphatic hydroxyl groups is 3. The van der Waals surface area contributed by atoms with Gasteiger partial charge in [-0.15, -0.1) is 0 Å². The maximum absolute atomic E-state index is 13.2. The van der Waals surface area contributed by atoms with Crippen molar-refractivity contribution in [3.05, 3.63) is 39.2 Å². The molecular formula is C23H26BrClN4O7. The van der Waals surface area contributed by atoms with Crippen molar-refractivity contribution >= 4 is 50.3 Å². The van der Waals surface area contributed by atoms with Crippen molar-refractivity contribution in [2.75, 3.05) is 6.61 Å². The number of nitrogens with zero attached hydrogens (tertiary/aromatic N) is 3. The summed E-state index contributed by atoms with van der Waals surface area (Å²) in [4.78, 5) is 25.1. The Labute approximate surface area is 220 Å². The molecule has 0 spiro atoms. The van der Waals surface area contributed by atoms with Crippen molar-refractivity contribution in [3.8, 4) is 6.07 Å². The summed E-state index contributed by atoms with van der Waals surface area (Å²) in [6, 6.07) is 2.85. The molecule has 0 unspecified atom stereocenters. The summed E-state index contributed by atoms with van der Waals surface area (Å²) >= 11 is 9.50. The van der Waals surface area contributed by atoms with E-state index in [9.17, 15) is 35.3 Å². The highest BCUT2D eigenvalue weighted by molar-refractivity contribution is 9.10. The summed E-state index contributed by atoms with van der Waals surface area (Å²) in [7, 11) is 0. The van der Waals surface area contributed by atoms with Crippen LogP contribution in [0.3, 0.4) is 0 Å². The number of hydrogen-bond donors (Lipinski definition) is 5. The van der Waals surface area contributed by atoms with E-state index in [0.29, 0.717) is 26.8 Å². The zero-order valence-corrected chi connectivity index (χ0v) is 22.0. The van der Waals surface area contributed by atoms with Crippen molar-refractivity contribution < 1.29 is 34.8 Å². The van der Waals surface area contributed by atoms with E-state index in [1.165, 1.54) is 16.8 Å². The molecule has 0 aliphatic carbocycles. The largest absolute Gasteiger partial charge is 0.478 e. The highest BCUT2D eigenvalue weighted by Gasteiger charge is 2.46. The second-order valence-electron chi connectivity index (χ2n) is 9.07. The molecule has 1 aromatic heterocycles. The lowest BCUT2D eigenvalue weighted by Crippen LogP contribution is -2.60. The van der Waals surface area contributed by atoms with Crippen LogP contribution < -0.4 is 5.32 Å². The van der Waals surface area contributed by atoms with Crippen LogP contribution in [-0.2, 0) is 14.3 Å². The van der Waals surface area contributed by atoms with Crippen LogP contribution in [0.1, 0.15) is 38.9 Å². The number of aromatic nitrogens is 2. The lowest BCUT2D eigenvalue weighted by atomic mass is 9.86. The molecule has 13 heteroatoms. The quantitative estimate of drug-likeness (QED) is 0.309. The van der Waals surface area contributed by atoms with Crippen LogP contribution in [0.15, 0.2) is 28.4 Å². The monoisotopic (exact) mass is 584 g/mol. The Hall–Kier alpha value is -2.69. The Bertz CT molecular complexity index is 1260. The molecule has 2 aromatic rings. The first kappa shape index (κ1) is 27.9. The number of ether oxygens (including phenoxy) is 1. The molecule has 2 heterocycles. The van der Waals surface area contributed by atoms with E-state index in [4.69, 9.17) is 16.3 Å². The van der Waals surface area contributed by atoms with E-state index in [2.05, 4.69) is 32.4 Å². The van der Waals surface area contributed by atoms with Crippen molar-refractivity contribution in [2.24, 2.45) is 5.41 Å². The molecule has 0 bridgehead atoms. The van der Waals surface area contributed by atoms with Crippen LogP contribution >= 0.6 is 27.5 Å². The maximum atomic E-state index is 13.2. The van der Waals surface area contributed by atoms with Crippen molar-refractivity contribution in [3.63, 3.8) is 0 Å². The van der Waals surface area contributed by atoms with Gasteiger partial charge in [-0.3, -0.25) is 4.79 Å². The third kappa shape index (κ3) is 5.21. The van der Waals surface area contributed by atoms with E-state index >= 15 is 0 Å². The summed E-state index contributed by atoms with van der Waals surface area (Å²) in [5.74, 6) is -2.50. The van der Waals surface area contributed by atoms with Gasteiger partial charge in [-0.2, -0.15) is 10.4 Å². The van der Waals surface area contributed by atoms with Gasteiger partial charge in [-0.25, -0.2) is 9.48 Å². The molecule has 194 valence electrons. The van der Waals surface area contributed by atoms with E-state index in [1.807, 2.05) is 6.92 Å². The molecule has 11 nitrogen and oxygen atoms in total. The molecule has 1 amide bonds. The smallest absolute Gasteiger partial charge is 0.370 e. The van der Waals surface area contributed by atoms with Gasteiger partial charge in [0.1, 0.15) is 30.1 Å². The predicted molar refractivity (Wildman–Crippen MR) is 132 cm³/mol. The highest BCUT2D eigenvalue weighted by atomic mass is 79.9. The second kappa shape index (κ2) is 10.7. The van der Waals surface area contributed by atoms with Gasteiger partial charge in [-0.05, 0) is 40.6 Å². The first-order valence-corrected chi connectivity index (χ1v) is 12.2. The van der Waals surface area contributed by atoms with Gasteiger partial charge in [-0.1, -0.05) is 32.4 Å². The number of hydrogen-bond acceptors (Lipinski definition) is 8. The lowest BCUT2D eigenvalue weighted by molar-refractivity contribution is -0.148. The van der Waals surface area contributed by atoms with Gasteiger partial charge in [0, 0.05) is 15.3 Å². The summed E-state index contributed by atoms with van der Waals surface area (Å²) in [6.45, 7) is 4.38. The summed E-state index contributed by atoms with van der Waals surface area (Å²) in [5, 5.41) is 57.9. The Balaban J connectivity index is 2.26. The Morgan fingerprint density at radius 1 is 1.39 bits per heavy atom. The minimum atomic E-state index is -1.80. The fraction of sp³-hybridized carbons (Fsp3) is 0.478. The molecule has 3 rings (SSSR count). The van der Waals surface area contributed by atoms with Gasteiger partial charge in [0.15, 0.2) is 0 Å². The number of amides is 1. The van der Waals surface area contributed by atoms with Gasteiger partial charge < -0.3 is 30.5 Å². The number of benzene rings is 1. The molecule has 0 saturated heterocycles. The minimum Gasteiger partial charge on any atom is -0.478 e. The van der Waals surface area contributed by atoms with E-state index in [-0.39, 0.29) is 5.69 Å². The molecule has 0 radical (unpaired) electrons. The summed E-state index contributed by atoms with van der Waals surface area (Å²) in [6.07, 6.45) is -3.39. The highest BCUT2D eigenvalue weighted by Crippen LogP contribution is 2.35. The van der Waals surface area contributed by atoms with Crippen molar-refractivity contribution in [1.82, 2.24) is 15.1 Å². The number of carboxylic acids is 1. The third-order valence-electron chi connectivity index (χ3n) is 6.36. The number of nitriles is 1. The zero-order valence-electron chi connectivity index (χ0n) is 19.6. The van der Waals surface area contributed by atoms with Gasteiger partial charge in [0.05, 0.1) is 29.2 Å². The number of nitrogens with one attached hydrogen (secondary N) is 1.